The number of carbonyl (C=O) groups excluding carboxylic acids is 1. The van der Waals surface area contributed by atoms with Crippen molar-refractivity contribution in [3.8, 4) is 5.75 Å². The summed E-state index contributed by atoms with van der Waals surface area (Å²) in [5, 5.41) is 1.21. The summed E-state index contributed by atoms with van der Waals surface area (Å²) in [6.07, 6.45) is 0.861. The molecule has 2 aromatic carbocycles. The third-order valence-electron chi connectivity index (χ3n) is 4.59. The van der Waals surface area contributed by atoms with Crippen molar-refractivity contribution >= 4 is 16.8 Å². The van der Waals surface area contributed by atoms with Crippen molar-refractivity contribution in [2.75, 3.05) is 13.2 Å². The van der Waals surface area contributed by atoms with Gasteiger partial charge in [0.25, 0.3) is 5.91 Å². The van der Waals surface area contributed by atoms with Crippen LogP contribution in [0, 0.1) is 6.92 Å². The third kappa shape index (κ3) is 2.75. The smallest absolute Gasteiger partial charge is 0.260 e. The van der Waals surface area contributed by atoms with Gasteiger partial charge >= 0.3 is 0 Å². The number of nitrogens with zero attached hydrogens (tertiary/aromatic N) is 1. The fourth-order valence-electron chi connectivity index (χ4n) is 3.32. The highest BCUT2D eigenvalue weighted by Gasteiger charge is 2.24. The van der Waals surface area contributed by atoms with Gasteiger partial charge in [-0.25, -0.2) is 0 Å². The number of H-pyrrole nitrogens is 1. The van der Waals surface area contributed by atoms with Crippen LogP contribution in [0.15, 0.2) is 48.5 Å². The molecule has 0 atom stereocenters. The minimum Gasteiger partial charge on any atom is -0.484 e. The molecule has 4 rings (SSSR count). The maximum absolute atomic E-state index is 12.5. The molecule has 0 unspecified atom stereocenters. The van der Waals surface area contributed by atoms with E-state index in [1.807, 2.05) is 48.2 Å². The lowest BCUT2D eigenvalue weighted by molar-refractivity contribution is -0.134. The second-order valence-electron chi connectivity index (χ2n) is 6.30. The molecule has 0 radical (unpaired) electrons. The number of para-hydroxylation sites is 1. The van der Waals surface area contributed by atoms with E-state index in [-0.39, 0.29) is 12.5 Å². The Morgan fingerprint density at radius 2 is 2.08 bits per heavy atom. The molecule has 1 aliphatic rings. The standard InChI is InChI=1S/C20H20N2O2/c1-14-5-4-6-15(11-14)24-13-20(23)22-10-9-19-17(12-22)16-7-2-3-8-18(16)21-19/h2-8,11,21H,9-10,12-13H2,1H3. The van der Waals surface area contributed by atoms with E-state index in [1.54, 1.807) is 0 Å². The number of benzene rings is 2. The first-order valence-corrected chi connectivity index (χ1v) is 8.26. The number of hydrogen-bond donors (Lipinski definition) is 1. The highest BCUT2D eigenvalue weighted by atomic mass is 16.5. The number of rotatable bonds is 3. The van der Waals surface area contributed by atoms with Crippen LogP contribution in [0.1, 0.15) is 16.8 Å². The average Bonchev–Trinajstić information content (AvgIpc) is 2.97. The Hall–Kier alpha value is -2.75. The van der Waals surface area contributed by atoms with Crippen molar-refractivity contribution < 1.29 is 9.53 Å². The van der Waals surface area contributed by atoms with Crippen LogP contribution >= 0.6 is 0 Å². The summed E-state index contributed by atoms with van der Waals surface area (Å²) in [6.45, 7) is 3.48. The van der Waals surface area contributed by atoms with Crippen molar-refractivity contribution in [3.63, 3.8) is 0 Å². The molecule has 1 aliphatic heterocycles. The normalized spacial score (nSPS) is 13.8. The Labute approximate surface area is 141 Å². The summed E-state index contributed by atoms with van der Waals surface area (Å²) in [4.78, 5) is 17.9. The number of aromatic nitrogens is 1. The lowest BCUT2D eigenvalue weighted by Gasteiger charge is -2.27. The molecule has 24 heavy (non-hydrogen) atoms. The van der Waals surface area contributed by atoms with E-state index >= 15 is 0 Å². The molecule has 2 heterocycles. The molecule has 1 amide bonds. The van der Waals surface area contributed by atoms with Crippen LogP contribution in [-0.2, 0) is 17.8 Å². The topological polar surface area (TPSA) is 45.3 Å². The summed E-state index contributed by atoms with van der Waals surface area (Å²) in [6, 6.07) is 16.0. The molecule has 0 saturated carbocycles. The van der Waals surface area contributed by atoms with Crippen LogP contribution < -0.4 is 4.74 Å². The first kappa shape index (κ1) is 14.8. The summed E-state index contributed by atoms with van der Waals surface area (Å²) in [5.41, 5.74) is 4.76. The van der Waals surface area contributed by atoms with Gasteiger partial charge in [-0.1, -0.05) is 30.3 Å². The van der Waals surface area contributed by atoms with E-state index in [4.69, 9.17) is 4.74 Å². The zero-order valence-electron chi connectivity index (χ0n) is 13.7. The van der Waals surface area contributed by atoms with E-state index in [1.165, 1.54) is 16.6 Å². The van der Waals surface area contributed by atoms with Crippen LogP contribution in [0.2, 0.25) is 0 Å². The molecule has 122 valence electrons. The fourth-order valence-corrected chi connectivity index (χ4v) is 3.32. The third-order valence-corrected chi connectivity index (χ3v) is 4.59. The largest absolute Gasteiger partial charge is 0.484 e. The molecule has 4 nitrogen and oxygen atoms in total. The monoisotopic (exact) mass is 320 g/mol. The van der Waals surface area contributed by atoms with Crippen LogP contribution in [0.5, 0.6) is 5.75 Å². The van der Waals surface area contributed by atoms with Gasteiger partial charge in [0, 0.05) is 41.7 Å². The summed E-state index contributed by atoms with van der Waals surface area (Å²) >= 11 is 0. The number of nitrogens with one attached hydrogen (secondary N) is 1. The van der Waals surface area contributed by atoms with Crippen molar-refractivity contribution in [3.05, 3.63) is 65.4 Å². The molecule has 0 saturated heterocycles. The quantitative estimate of drug-likeness (QED) is 0.803. The maximum atomic E-state index is 12.5. The van der Waals surface area contributed by atoms with Gasteiger partial charge in [0.2, 0.25) is 0 Å². The van der Waals surface area contributed by atoms with Crippen molar-refractivity contribution in [2.24, 2.45) is 0 Å². The molecular formula is C20H20N2O2. The Morgan fingerprint density at radius 3 is 2.96 bits per heavy atom. The highest BCUT2D eigenvalue weighted by molar-refractivity contribution is 5.86. The fraction of sp³-hybridized carbons (Fsp3) is 0.250. The molecule has 1 N–H and O–H groups in total. The van der Waals surface area contributed by atoms with Gasteiger partial charge in [-0.3, -0.25) is 4.79 Å². The van der Waals surface area contributed by atoms with Crippen LogP contribution in [0.3, 0.4) is 0 Å². The van der Waals surface area contributed by atoms with Crippen LogP contribution in [0.4, 0.5) is 0 Å². The van der Waals surface area contributed by atoms with E-state index in [2.05, 4.69) is 17.1 Å². The summed E-state index contributed by atoms with van der Waals surface area (Å²) in [7, 11) is 0. The number of aryl methyl sites for hydroxylation is 1. The first-order valence-electron chi connectivity index (χ1n) is 8.26. The molecule has 4 heteroatoms. The van der Waals surface area contributed by atoms with E-state index in [0.29, 0.717) is 6.54 Å². The maximum Gasteiger partial charge on any atom is 0.260 e. The summed E-state index contributed by atoms with van der Waals surface area (Å²) in [5.74, 6) is 0.778. The van der Waals surface area contributed by atoms with Gasteiger partial charge in [0.05, 0.1) is 0 Å². The Morgan fingerprint density at radius 1 is 1.21 bits per heavy atom. The van der Waals surface area contributed by atoms with Gasteiger partial charge in [-0.15, -0.1) is 0 Å². The van der Waals surface area contributed by atoms with Crippen molar-refractivity contribution in [2.45, 2.75) is 19.9 Å². The number of fused-ring (bicyclic) bond motifs is 3. The van der Waals surface area contributed by atoms with E-state index < -0.39 is 0 Å². The van der Waals surface area contributed by atoms with Crippen molar-refractivity contribution in [1.29, 1.82) is 0 Å². The molecule has 0 bridgehead atoms. The van der Waals surface area contributed by atoms with Crippen LogP contribution in [-0.4, -0.2) is 28.9 Å². The van der Waals surface area contributed by atoms with Gasteiger partial charge in [-0.2, -0.15) is 0 Å². The zero-order chi connectivity index (χ0) is 16.5. The first-order chi connectivity index (χ1) is 11.7. The second kappa shape index (κ2) is 6.04. The average molecular weight is 320 g/mol. The number of ether oxygens (including phenoxy) is 1. The van der Waals surface area contributed by atoms with Crippen molar-refractivity contribution in [1.82, 2.24) is 9.88 Å². The van der Waals surface area contributed by atoms with Crippen LogP contribution in [0.25, 0.3) is 10.9 Å². The van der Waals surface area contributed by atoms with Gasteiger partial charge in [0.1, 0.15) is 5.75 Å². The van der Waals surface area contributed by atoms with E-state index in [9.17, 15) is 4.79 Å². The number of aromatic amines is 1. The second-order valence-corrected chi connectivity index (χ2v) is 6.30. The van der Waals surface area contributed by atoms with Gasteiger partial charge < -0.3 is 14.6 Å². The molecule has 0 aliphatic carbocycles. The Kier molecular flexibility index (Phi) is 3.73. The predicted molar refractivity (Wildman–Crippen MR) is 94.1 cm³/mol. The molecule has 0 fully saturated rings. The lowest BCUT2D eigenvalue weighted by atomic mass is 10.0. The van der Waals surface area contributed by atoms with E-state index in [0.717, 1.165) is 29.8 Å². The lowest BCUT2D eigenvalue weighted by Crippen LogP contribution is -2.38. The zero-order valence-corrected chi connectivity index (χ0v) is 13.7. The SMILES string of the molecule is Cc1cccc(OCC(=O)N2CCc3[nH]c4ccccc4c3C2)c1. The molecule has 0 spiro atoms. The molecule has 3 aromatic rings. The highest BCUT2D eigenvalue weighted by Crippen LogP contribution is 2.27. The van der Waals surface area contributed by atoms with Gasteiger partial charge in [0.15, 0.2) is 6.61 Å². The minimum absolute atomic E-state index is 0.0347. The van der Waals surface area contributed by atoms with Gasteiger partial charge in [-0.05, 0) is 30.7 Å². The molecule has 1 aromatic heterocycles. The number of carbonyl (C=O) groups is 1. The Bertz CT molecular complexity index is 898. The predicted octanol–water partition coefficient (Wildman–Crippen LogP) is 3.44. The number of amides is 1. The Balaban J connectivity index is 1.47. The molecular weight excluding hydrogens is 300 g/mol. The summed E-state index contributed by atoms with van der Waals surface area (Å²) < 4.78 is 5.66. The number of hydrogen-bond acceptors (Lipinski definition) is 2. The minimum atomic E-state index is 0.0347.